The van der Waals surface area contributed by atoms with E-state index in [1.807, 2.05) is 0 Å². The number of benzene rings is 1. The van der Waals surface area contributed by atoms with Gasteiger partial charge in [-0.25, -0.2) is 0 Å². The molecule has 0 radical (unpaired) electrons. The van der Waals surface area contributed by atoms with Gasteiger partial charge in [0.25, 0.3) is 0 Å². The second-order valence-corrected chi connectivity index (χ2v) is 6.87. The summed E-state index contributed by atoms with van der Waals surface area (Å²) in [5.41, 5.74) is 5.76. The van der Waals surface area contributed by atoms with E-state index in [9.17, 15) is 4.21 Å². The van der Waals surface area contributed by atoms with E-state index in [1.54, 1.807) is 18.2 Å². The van der Waals surface area contributed by atoms with Crippen LogP contribution in [0, 0.1) is 5.41 Å². The van der Waals surface area contributed by atoms with E-state index in [4.69, 9.17) is 28.9 Å². The van der Waals surface area contributed by atoms with Gasteiger partial charge in [0.05, 0.1) is 20.7 Å². The van der Waals surface area contributed by atoms with Crippen molar-refractivity contribution in [3.63, 3.8) is 0 Å². The van der Waals surface area contributed by atoms with Gasteiger partial charge in [0.1, 0.15) is 0 Å². The molecular weight excluding hydrogens is 277 g/mol. The molecule has 0 bridgehead atoms. The molecule has 1 aromatic rings. The van der Waals surface area contributed by atoms with Gasteiger partial charge in [-0.2, -0.15) is 0 Å². The van der Waals surface area contributed by atoms with Crippen LogP contribution >= 0.6 is 23.2 Å². The van der Waals surface area contributed by atoms with E-state index in [0.717, 1.165) is 19.3 Å². The van der Waals surface area contributed by atoms with Crippen LogP contribution in [-0.2, 0) is 10.8 Å². The molecule has 2 nitrogen and oxygen atoms in total. The van der Waals surface area contributed by atoms with E-state index in [-0.39, 0.29) is 5.41 Å². The van der Waals surface area contributed by atoms with Crippen molar-refractivity contribution >= 4 is 34.0 Å². The molecule has 0 aliphatic heterocycles. The molecule has 1 aliphatic carbocycles. The Hall–Kier alpha value is -0.0900. The molecule has 0 saturated heterocycles. The first-order valence-corrected chi connectivity index (χ1v) is 7.67. The van der Waals surface area contributed by atoms with Crippen molar-refractivity contribution in [2.45, 2.75) is 24.2 Å². The third-order valence-corrected chi connectivity index (χ3v) is 5.59. The summed E-state index contributed by atoms with van der Waals surface area (Å²) < 4.78 is 12.3. The third kappa shape index (κ3) is 3.22. The highest BCUT2D eigenvalue weighted by Gasteiger charge is 2.43. The Kier molecular flexibility index (Phi) is 4.14. The maximum atomic E-state index is 12.3. The number of nitrogens with two attached hydrogens (primary N) is 1. The highest BCUT2D eigenvalue weighted by Crippen LogP contribution is 2.49. The van der Waals surface area contributed by atoms with Crippen LogP contribution in [0.2, 0.25) is 10.0 Å². The Morgan fingerprint density at radius 2 is 2.06 bits per heavy atom. The lowest BCUT2D eigenvalue weighted by atomic mass is 10.1. The summed E-state index contributed by atoms with van der Waals surface area (Å²) in [6.07, 6.45) is 3.18. The van der Waals surface area contributed by atoms with Gasteiger partial charge >= 0.3 is 0 Å². The summed E-state index contributed by atoms with van der Waals surface area (Å²) in [5, 5.41) is 1.10. The van der Waals surface area contributed by atoms with Gasteiger partial charge < -0.3 is 5.73 Å². The van der Waals surface area contributed by atoms with Crippen LogP contribution in [0.1, 0.15) is 19.3 Å². The van der Waals surface area contributed by atoms with Crippen molar-refractivity contribution in [2.24, 2.45) is 11.1 Å². The first-order valence-electron chi connectivity index (χ1n) is 5.60. The first kappa shape index (κ1) is 13.3. The summed E-state index contributed by atoms with van der Waals surface area (Å²) in [4.78, 5) is 0.641. The lowest BCUT2D eigenvalue weighted by Crippen LogP contribution is -2.17. The van der Waals surface area contributed by atoms with E-state index in [0.29, 0.717) is 27.2 Å². The topological polar surface area (TPSA) is 43.1 Å². The summed E-state index contributed by atoms with van der Waals surface area (Å²) in [5.74, 6) is 0.643. The minimum atomic E-state index is -1.09. The average molecular weight is 292 g/mol. The maximum Gasteiger partial charge on any atom is 0.0589 e. The van der Waals surface area contributed by atoms with Crippen LogP contribution < -0.4 is 5.73 Å². The van der Waals surface area contributed by atoms with Gasteiger partial charge in [-0.05, 0) is 49.4 Å². The normalized spacial score (nSPS) is 19.0. The highest BCUT2D eigenvalue weighted by molar-refractivity contribution is 7.85. The van der Waals surface area contributed by atoms with Gasteiger partial charge in [0.2, 0.25) is 0 Å². The van der Waals surface area contributed by atoms with Crippen molar-refractivity contribution in [3.8, 4) is 0 Å². The Balaban J connectivity index is 2.12. The summed E-state index contributed by atoms with van der Waals surface area (Å²) in [7, 11) is -1.09. The summed E-state index contributed by atoms with van der Waals surface area (Å²) in [6.45, 7) is 0.653. The van der Waals surface area contributed by atoms with Crippen molar-refractivity contribution in [3.05, 3.63) is 28.2 Å². The second kappa shape index (κ2) is 5.27. The van der Waals surface area contributed by atoms with Gasteiger partial charge in [-0.15, -0.1) is 0 Å². The van der Waals surface area contributed by atoms with Crippen molar-refractivity contribution in [1.82, 2.24) is 0 Å². The molecule has 1 aromatic carbocycles. The van der Waals surface area contributed by atoms with E-state index < -0.39 is 10.8 Å². The molecule has 1 fully saturated rings. The van der Waals surface area contributed by atoms with Crippen molar-refractivity contribution < 1.29 is 4.21 Å². The van der Waals surface area contributed by atoms with E-state index in [1.165, 1.54) is 0 Å². The van der Waals surface area contributed by atoms with Gasteiger partial charge in [-0.1, -0.05) is 23.2 Å². The van der Waals surface area contributed by atoms with Gasteiger partial charge in [0.15, 0.2) is 0 Å². The van der Waals surface area contributed by atoms with Gasteiger partial charge in [0, 0.05) is 10.8 Å². The van der Waals surface area contributed by atoms with Crippen LogP contribution in [0.3, 0.4) is 0 Å². The summed E-state index contributed by atoms with van der Waals surface area (Å²) >= 11 is 11.9. The zero-order valence-electron chi connectivity index (χ0n) is 9.42. The summed E-state index contributed by atoms with van der Waals surface area (Å²) in [6, 6.07) is 5.09. The number of hydrogen-bond donors (Lipinski definition) is 1. The number of hydrogen-bond acceptors (Lipinski definition) is 2. The van der Waals surface area contributed by atoms with Gasteiger partial charge in [-0.3, -0.25) is 4.21 Å². The number of rotatable bonds is 5. The smallest absolute Gasteiger partial charge is 0.0589 e. The number of halogens is 2. The van der Waals surface area contributed by atoms with E-state index in [2.05, 4.69) is 0 Å². The fourth-order valence-corrected chi connectivity index (χ4v) is 4.26. The fourth-order valence-electron chi connectivity index (χ4n) is 1.96. The molecule has 1 saturated carbocycles. The molecule has 0 amide bonds. The molecule has 5 heteroatoms. The molecule has 94 valence electrons. The SMILES string of the molecule is NCCC1(CS(=O)c2cc(Cl)ccc2Cl)CC1. The lowest BCUT2D eigenvalue weighted by Gasteiger charge is -2.14. The molecule has 2 N–H and O–H groups in total. The average Bonchev–Trinajstić information content (AvgIpc) is 3.02. The molecular formula is C12H15Cl2NOS. The first-order chi connectivity index (χ1) is 8.06. The zero-order chi connectivity index (χ0) is 12.5. The Morgan fingerprint density at radius 1 is 1.35 bits per heavy atom. The minimum Gasteiger partial charge on any atom is -0.330 e. The Morgan fingerprint density at radius 3 is 2.65 bits per heavy atom. The zero-order valence-corrected chi connectivity index (χ0v) is 11.7. The monoisotopic (exact) mass is 291 g/mol. The lowest BCUT2D eigenvalue weighted by molar-refractivity contribution is 0.529. The molecule has 1 unspecified atom stereocenters. The van der Waals surface area contributed by atoms with Crippen LogP contribution in [0.5, 0.6) is 0 Å². The van der Waals surface area contributed by atoms with Crippen LogP contribution in [0.4, 0.5) is 0 Å². The Bertz CT molecular complexity index is 446. The Labute approximate surface area is 114 Å². The van der Waals surface area contributed by atoms with Crippen molar-refractivity contribution in [1.29, 1.82) is 0 Å². The maximum absolute atomic E-state index is 12.3. The predicted molar refractivity (Wildman–Crippen MR) is 73.1 cm³/mol. The van der Waals surface area contributed by atoms with Crippen molar-refractivity contribution in [2.75, 3.05) is 12.3 Å². The van der Waals surface area contributed by atoms with Crippen LogP contribution in [-0.4, -0.2) is 16.5 Å². The molecule has 0 aromatic heterocycles. The molecule has 0 spiro atoms. The second-order valence-electron chi connectivity index (χ2n) is 4.60. The van der Waals surface area contributed by atoms with Crippen LogP contribution in [0.25, 0.3) is 0 Å². The van der Waals surface area contributed by atoms with Crippen LogP contribution in [0.15, 0.2) is 23.1 Å². The molecule has 1 atom stereocenters. The molecule has 0 heterocycles. The molecule has 2 rings (SSSR count). The predicted octanol–water partition coefficient (Wildman–Crippen LogP) is 3.23. The largest absolute Gasteiger partial charge is 0.330 e. The highest BCUT2D eigenvalue weighted by atomic mass is 35.5. The fraction of sp³-hybridized carbons (Fsp3) is 0.500. The third-order valence-electron chi connectivity index (χ3n) is 3.21. The quantitative estimate of drug-likeness (QED) is 0.905. The van der Waals surface area contributed by atoms with E-state index >= 15 is 0 Å². The minimum absolute atomic E-state index is 0.186. The molecule has 17 heavy (non-hydrogen) atoms. The standard InChI is InChI=1S/C12H15Cl2NOS/c13-9-1-2-10(14)11(7-9)17(16)8-12(3-4-12)5-6-15/h1-2,7H,3-6,8,15H2. The molecule has 1 aliphatic rings.